The molecule has 0 aliphatic heterocycles. The number of hydrogen-bond acceptors (Lipinski definition) is 4. The van der Waals surface area contributed by atoms with Crippen LogP contribution < -0.4 is 13.6 Å². The molecule has 0 aliphatic carbocycles. The van der Waals surface area contributed by atoms with E-state index in [-0.39, 0.29) is 50.2 Å². The molecule has 398 valence electrons. The molecule has 0 saturated heterocycles. The summed E-state index contributed by atoms with van der Waals surface area (Å²) >= 11 is 0. The number of phosphoric acid groups is 1. The predicted molar refractivity (Wildman–Crippen MR) is 320 cm³/mol. The average molecular weight is 1020 g/mol. The summed E-state index contributed by atoms with van der Waals surface area (Å²) < 4.78 is 39.7. The fourth-order valence-electron chi connectivity index (χ4n) is 11.1. The van der Waals surface area contributed by atoms with Crippen molar-refractivity contribution in [2.24, 2.45) is 0 Å². The van der Waals surface area contributed by atoms with Gasteiger partial charge in [-0.3, -0.25) is 0 Å². The molecule has 0 heterocycles. The average Bonchev–Trinajstić information content (AvgIpc) is 3.26. The van der Waals surface area contributed by atoms with E-state index in [9.17, 15) is 0 Å². The maximum absolute atomic E-state index is 17.4. The smallest absolute Gasteiger partial charge is 0.385 e. The zero-order valence-electron chi connectivity index (χ0n) is 50.2. The van der Waals surface area contributed by atoms with Crippen molar-refractivity contribution in [3.05, 3.63) is 159 Å². The first-order chi connectivity index (χ1) is 33.9. The Morgan fingerprint density at radius 3 is 0.716 bits per heavy atom. The van der Waals surface area contributed by atoms with E-state index < -0.39 is 7.82 Å². The summed E-state index contributed by atoms with van der Waals surface area (Å²) in [4.78, 5) is 0. The van der Waals surface area contributed by atoms with Gasteiger partial charge in [0.1, 0.15) is 17.2 Å². The molecule has 0 radical (unpaired) electrons. The molecule has 6 aromatic rings. The highest BCUT2D eigenvalue weighted by Crippen LogP contribution is 2.60. The van der Waals surface area contributed by atoms with E-state index in [2.05, 4.69) is 257 Å². The number of rotatable bonds is 12. The third kappa shape index (κ3) is 12.3. The topological polar surface area (TPSA) is 44.8 Å². The third-order valence-electron chi connectivity index (χ3n) is 14.4. The zero-order chi connectivity index (χ0) is 55.5. The summed E-state index contributed by atoms with van der Waals surface area (Å²) in [6.45, 7) is 54.2. The molecule has 74 heavy (non-hydrogen) atoms. The van der Waals surface area contributed by atoms with Crippen molar-refractivity contribution in [3.8, 4) is 50.6 Å². The lowest BCUT2D eigenvalue weighted by Gasteiger charge is -2.36. The molecule has 0 saturated carbocycles. The molecule has 5 heteroatoms. The van der Waals surface area contributed by atoms with Crippen LogP contribution in [0.15, 0.2) is 109 Å². The maximum Gasteiger partial charge on any atom is 0.647 e. The highest BCUT2D eigenvalue weighted by Gasteiger charge is 2.42. The molecular weight excluding hydrogens is 924 g/mol. The molecule has 0 aliphatic rings. The first-order valence-corrected chi connectivity index (χ1v) is 28.8. The van der Waals surface area contributed by atoms with Gasteiger partial charge >= 0.3 is 7.82 Å². The Kier molecular flexibility index (Phi) is 16.4. The highest BCUT2D eigenvalue weighted by atomic mass is 31.2. The van der Waals surface area contributed by atoms with Crippen LogP contribution in [0.1, 0.15) is 234 Å². The van der Waals surface area contributed by atoms with Gasteiger partial charge in [-0.1, -0.05) is 257 Å². The van der Waals surface area contributed by atoms with Crippen molar-refractivity contribution in [1.29, 1.82) is 0 Å². The molecule has 0 bridgehead atoms. The largest absolute Gasteiger partial charge is 0.647 e. The van der Waals surface area contributed by atoms with Crippen LogP contribution in [0.25, 0.3) is 33.4 Å². The molecule has 0 amide bonds. The molecule has 6 rings (SSSR count). The third-order valence-corrected chi connectivity index (χ3v) is 15.6. The fraction of sp³-hybridized carbons (Fsp3) is 0.478. The van der Waals surface area contributed by atoms with Gasteiger partial charge in [-0.2, -0.15) is 4.57 Å². The monoisotopic (exact) mass is 1020 g/mol. The van der Waals surface area contributed by atoms with E-state index in [4.69, 9.17) is 13.6 Å². The molecular formula is C69H93O4P. The van der Waals surface area contributed by atoms with Crippen molar-refractivity contribution >= 4 is 7.82 Å². The summed E-state index contributed by atoms with van der Waals surface area (Å²) in [5, 5.41) is 0. The summed E-state index contributed by atoms with van der Waals surface area (Å²) in [5.74, 6) is 1.88. The van der Waals surface area contributed by atoms with E-state index in [1.54, 1.807) is 0 Å². The second kappa shape index (κ2) is 20.8. The lowest BCUT2D eigenvalue weighted by atomic mass is 9.71. The van der Waals surface area contributed by atoms with E-state index in [1.165, 1.54) is 33.4 Å². The van der Waals surface area contributed by atoms with E-state index in [1.807, 2.05) is 18.2 Å². The molecule has 6 aromatic carbocycles. The Bertz CT molecular complexity index is 2700. The Hall–Kier alpha value is -5.05. The first kappa shape index (κ1) is 58.2. The normalized spacial score (nSPS) is 13.3. The van der Waals surface area contributed by atoms with E-state index >= 15 is 4.57 Å². The van der Waals surface area contributed by atoms with Crippen molar-refractivity contribution in [2.45, 2.75) is 216 Å². The molecule has 0 aromatic heterocycles. The van der Waals surface area contributed by atoms with Gasteiger partial charge in [0.2, 0.25) is 0 Å². The van der Waals surface area contributed by atoms with Crippen LogP contribution in [0.3, 0.4) is 0 Å². The quantitative estimate of drug-likeness (QED) is 0.115. The maximum atomic E-state index is 17.4. The summed E-state index contributed by atoms with van der Waals surface area (Å²) in [5.41, 5.74) is 14.5. The van der Waals surface area contributed by atoms with Crippen LogP contribution in [0, 0.1) is 0 Å². The van der Waals surface area contributed by atoms with Crippen molar-refractivity contribution in [1.82, 2.24) is 0 Å². The highest BCUT2D eigenvalue weighted by molar-refractivity contribution is 7.49. The lowest BCUT2D eigenvalue weighted by molar-refractivity contribution is 0.298. The summed E-state index contributed by atoms with van der Waals surface area (Å²) in [7, 11) is -4.83. The SMILES string of the molecule is CC(C)c1ccccc1-c1c(OP(=O)(Oc2ccc(C(C)(C)C)c(C(C)(C)C)c2-c2ccccc2C(C)C)Oc2ccc(C(C)(C)C)c(C(C)(C)C)c2-c2ccccc2C(C)C)ccc(C(C)(C)C)c1C(C)(C)C. The van der Waals surface area contributed by atoms with Crippen LogP contribution in [-0.4, -0.2) is 0 Å². The summed E-state index contributed by atoms with van der Waals surface area (Å²) in [6.07, 6.45) is 0. The minimum Gasteiger partial charge on any atom is -0.385 e. The van der Waals surface area contributed by atoms with Crippen molar-refractivity contribution in [2.75, 3.05) is 0 Å². The van der Waals surface area contributed by atoms with Gasteiger partial charge in [0.15, 0.2) is 0 Å². The van der Waals surface area contributed by atoms with Crippen LogP contribution in [0.5, 0.6) is 17.2 Å². The number of hydrogen-bond donors (Lipinski definition) is 0. The van der Waals surface area contributed by atoms with Gasteiger partial charge in [-0.15, -0.1) is 0 Å². The Morgan fingerprint density at radius 1 is 0.311 bits per heavy atom. The number of phosphoric ester groups is 1. The van der Waals surface area contributed by atoms with Gasteiger partial charge in [0, 0.05) is 16.7 Å². The molecule has 4 nitrogen and oxygen atoms in total. The lowest BCUT2D eigenvalue weighted by Crippen LogP contribution is -2.25. The van der Waals surface area contributed by atoms with Gasteiger partial charge in [-0.25, -0.2) is 0 Å². The van der Waals surface area contributed by atoms with Crippen LogP contribution in [-0.2, 0) is 37.1 Å². The van der Waals surface area contributed by atoms with Crippen molar-refractivity contribution in [3.63, 3.8) is 0 Å². The van der Waals surface area contributed by atoms with Crippen molar-refractivity contribution < 1.29 is 18.1 Å². The standard InChI is InChI=1S/C69H93O4P/c1-43(2)46-31-25-28-34-49(46)58-55(40-37-52(64(7,8)9)61(58)67(16,17)18)71-74(70,72-56-41-38-53(65(10,11)12)62(68(19,20)21)59(56)50-35-29-26-32-47(50)44(3)4)73-57-42-39-54(66(13,14)15)63(69(22,23)24)60(57)51-36-30-27-33-48(51)45(5)6/h25-45H,1-24H3. The first-order valence-electron chi connectivity index (χ1n) is 27.4. The Balaban J connectivity index is 1.85. The van der Waals surface area contributed by atoms with E-state index in [0.717, 1.165) is 50.1 Å². The van der Waals surface area contributed by atoms with Crippen LogP contribution in [0.4, 0.5) is 0 Å². The summed E-state index contributed by atoms with van der Waals surface area (Å²) in [6, 6.07) is 38.3. The van der Waals surface area contributed by atoms with Gasteiger partial charge in [0.25, 0.3) is 0 Å². The fourth-order valence-corrected chi connectivity index (χ4v) is 12.4. The van der Waals surface area contributed by atoms with Gasteiger partial charge in [0.05, 0.1) is 0 Å². The van der Waals surface area contributed by atoms with E-state index in [0.29, 0.717) is 17.2 Å². The molecule has 0 unspecified atom stereocenters. The number of benzene rings is 6. The zero-order valence-corrected chi connectivity index (χ0v) is 51.1. The second-order valence-corrected chi connectivity index (χ2v) is 29.5. The second-order valence-electron chi connectivity index (χ2n) is 28.0. The molecule has 0 fully saturated rings. The predicted octanol–water partition coefficient (Wildman–Crippen LogP) is 21.5. The minimum atomic E-state index is -4.83. The molecule has 0 spiro atoms. The van der Waals surface area contributed by atoms with Crippen LogP contribution >= 0.6 is 7.82 Å². The van der Waals surface area contributed by atoms with Crippen LogP contribution in [0.2, 0.25) is 0 Å². The molecule has 0 atom stereocenters. The Labute approximate surface area is 450 Å². The van der Waals surface area contributed by atoms with Gasteiger partial charge in [-0.05, 0) is 135 Å². The Morgan fingerprint density at radius 2 is 0.527 bits per heavy atom. The minimum absolute atomic E-state index is 0.186. The van der Waals surface area contributed by atoms with Gasteiger partial charge < -0.3 is 13.6 Å². The molecule has 0 N–H and O–H groups in total.